The standard InChI is InChI=1S/C20H49O5Si6/c1-27(2,23-26)14-15-29(5,6)25-31(9,10)17-16-30(7,8)24-28(3,4)13-11-12-21-18-20-19-22-20/h20H,11-19H2,1-10H3. The molecule has 0 spiro atoms. The lowest BCUT2D eigenvalue weighted by Crippen LogP contribution is -2.48. The van der Waals surface area contributed by atoms with E-state index in [9.17, 15) is 0 Å². The highest BCUT2D eigenvalue weighted by atomic mass is 28.4. The maximum absolute atomic E-state index is 6.89. The summed E-state index contributed by atoms with van der Waals surface area (Å²) in [5.74, 6) is 0. The van der Waals surface area contributed by atoms with Crippen molar-refractivity contribution in [2.45, 2.75) is 108 Å². The summed E-state index contributed by atoms with van der Waals surface area (Å²) in [6.07, 6.45) is 1.46. The van der Waals surface area contributed by atoms with Crippen LogP contribution in [-0.4, -0.2) is 78.0 Å². The van der Waals surface area contributed by atoms with Crippen LogP contribution in [0.3, 0.4) is 0 Å². The highest BCUT2D eigenvalue weighted by molar-refractivity contribution is 6.88. The molecule has 0 aromatic carbocycles. The van der Waals surface area contributed by atoms with E-state index in [0.717, 1.165) is 32.3 Å². The zero-order chi connectivity index (χ0) is 24.0. The van der Waals surface area contributed by atoms with Crippen LogP contribution < -0.4 is 0 Å². The van der Waals surface area contributed by atoms with Crippen molar-refractivity contribution in [3.8, 4) is 0 Å². The zero-order valence-electron chi connectivity index (χ0n) is 22.0. The Morgan fingerprint density at radius 2 is 1.06 bits per heavy atom. The molecule has 183 valence electrons. The van der Waals surface area contributed by atoms with Gasteiger partial charge in [0.05, 0.1) is 13.2 Å². The Bertz CT molecular complexity index is 538. The van der Waals surface area contributed by atoms with Gasteiger partial charge in [0.2, 0.25) is 10.5 Å². The molecule has 1 unspecified atom stereocenters. The third-order valence-corrected chi connectivity index (χ3v) is 25.2. The summed E-state index contributed by atoms with van der Waals surface area (Å²) in [6, 6.07) is 5.90. The molecule has 1 aliphatic heterocycles. The molecule has 0 amide bonds. The first-order valence-electron chi connectivity index (χ1n) is 11.9. The number of rotatable bonds is 17. The molecule has 31 heavy (non-hydrogen) atoms. The highest BCUT2D eigenvalue weighted by Crippen LogP contribution is 2.30. The predicted molar refractivity (Wildman–Crippen MR) is 146 cm³/mol. The van der Waals surface area contributed by atoms with E-state index in [4.69, 9.17) is 21.8 Å². The van der Waals surface area contributed by atoms with E-state index in [1.807, 2.05) is 0 Å². The van der Waals surface area contributed by atoms with Crippen LogP contribution in [-0.2, 0) is 21.8 Å². The molecule has 1 aliphatic rings. The average molecular weight is 538 g/mol. The summed E-state index contributed by atoms with van der Waals surface area (Å²) in [4.78, 5) is 0. The lowest BCUT2D eigenvalue weighted by molar-refractivity contribution is 0.116. The van der Waals surface area contributed by atoms with Crippen molar-refractivity contribution >= 4 is 52.1 Å². The Balaban J connectivity index is 2.41. The van der Waals surface area contributed by atoms with Gasteiger partial charge in [-0.25, -0.2) is 0 Å². The lowest BCUT2D eigenvalue weighted by atomic mass is 10.5. The molecule has 1 saturated heterocycles. The summed E-state index contributed by atoms with van der Waals surface area (Å²) >= 11 is 0. The largest absolute Gasteiger partial charge is 0.457 e. The van der Waals surface area contributed by atoms with Crippen molar-refractivity contribution in [3.63, 3.8) is 0 Å². The van der Waals surface area contributed by atoms with Gasteiger partial charge in [-0.1, -0.05) is 0 Å². The minimum Gasteiger partial charge on any atom is -0.457 e. The number of hydrogen-bond donors (Lipinski definition) is 0. The van der Waals surface area contributed by atoms with Crippen molar-refractivity contribution in [2.24, 2.45) is 0 Å². The van der Waals surface area contributed by atoms with Gasteiger partial charge >= 0.3 is 0 Å². The first-order valence-corrected chi connectivity index (χ1v) is 27.9. The Morgan fingerprint density at radius 1 is 0.677 bits per heavy atom. The van der Waals surface area contributed by atoms with Crippen LogP contribution in [0.1, 0.15) is 6.42 Å². The molecule has 5 nitrogen and oxygen atoms in total. The normalized spacial score (nSPS) is 18.5. The number of hydrogen-bond acceptors (Lipinski definition) is 5. The van der Waals surface area contributed by atoms with E-state index in [0.29, 0.717) is 6.10 Å². The molecular weight excluding hydrogens is 489 g/mol. The third-order valence-electron chi connectivity index (χ3n) is 5.81. The van der Waals surface area contributed by atoms with Crippen molar-refractivity contribution in [1.29, 1.82) is 0 Å². The fourth-order valence-electron chi connectivity index (χ4n) is 3.93. The highest BCUT2D eigenvalue weighted by Gasteiger charge is 2.38. The van der Waals surface area contributed by atoms with Crippen LogP contribution >= 0.6 is 0 Å². The van der Waals surface area contributed by atoms with E-state index >= 15 is 0 Å². The molecular formula is C20H49O5Si6. The smallest absolute Gasteiger partial charge is 0.230 e. The Kier molecular flexibility index (Phi) is 11.8. The summed E-state index contributed by atoms with van der Waals surface area (Å²) in [7, 11) is -5.07. The third kappa shape index (κ3) is 14.9. The fraction of sp³-hybridized carbons (Fsp3) is 1.00. The van der Waals surface area contributed by atoms with Gasteiger partial charge in [0, 0.05) is 6.61 Å². The quantitative estimate of drug-likeness (QED) is 0.130. The molecule has 0 aliphatic carbocycles. The molecule has 11 heteroatoms. The second-order valence-corrected chi connectivity index (χ2v) is 34.8. The van der Waals surface area contributed by atoms with Crippen LogP contribution in [0.2, 0.25) is 95.7 Å². The monoisotopic (exact) mass is 537 g/mol. The van der Waals surface area contributed by atoms with Crippen LogP contribution in [0.15, 0.2) is 0 Å². The lowest BCUT2D eigenvalue weighted by Gasteiger charge is -2.39. The molecule has 0 bridgehead atoms. The van der Waals surface area contributed by atoms with Gasteiger partial charge < -0.3 is 21.8 Å². The molecule has 1 rings (SSSR count). The first kappa shape index (κ1) is 30.1. The molecule has 0 aromatic rings. The van der Waals surface area contributed by atoms with Gasteiger partial charge in [-0.15, -0.1) is 0 Å². The minimum atomic E-state index is -1.71. The van der Waals surface area contributed by atoms with Crippen molar-refractivity contribution in [2.75, 3.05) is 19.8 Å². The Hall–Kier alpha value is 1.10. The summed E-state index contributed by atoms with van der Waals surface area (Å²) in [5, 5.41) is 0. The topological polar surface area (TPSA) is 49.5 Å². The predicted octanol–water partition coefficient (Wildman–Crippen LogP) is 5.95. The SMILES string of the molecule is C[Si](C)(CC[Si](C)(C)O[Si](C)(C)CC[Si](C)(C)O[Si](C)(C)CCCOCC1CO1)O[Si]. The average Bonchev–Trinajstić information content (AvgIpc) is 3.41. The molecule has 1 fully saturated rings. The zero-order valence-corrected chi connectivity index (χ0v) is 28.0. The minimum absolute atomic E-state index is 0.363. The second-order valence-electron chi connectivity index (χ2n) is 12.2. The van der Waals surface area contributed by atoms with Gasteiger partial charge in [-0.05, 0) is 102 Å². The molecule has 1 atom stereocenters. The molecule has 0 saturated carbocycles. The van der Waals surface area contributed by atoms with Crippen LogP contribution in [0, 0.1) is 0 Å². The van der Waals surface area contributed by atoms with E-state index in [1.165, 1.54) is 24.2 Å². The van der Waals surface area contributed by atoms with E-state index in [-0.39, 0.29) is 0 Å². The Morgan fingerprint density at radius 3 is 1.45 bits per heavy atom. The second kappa shape index (κ2) is 12.2. The van der Waals surface area contributed by atoms with Gasteiger partial charge in [0.1, 0.15) is 6.10 Å². The van der Waals surface area contributed by atoms with Gasteiger partial charge in [0.25, 0.3) is 0 Å². The maximum Gasteiger partial charge on any atom is 0.230 e. The van der Waals surface area contributed by atoms with Crippen molar-refractivity contribution in [1.82, 2.24) is 0 Å². The van der Waals surface area contributed by atoms with Crippen LogP contribution in [0.25, 0.3) is 0 Å². The van der Waals surface area contributed by atoms with Crippen molar-refractivity contribution < 1.29 is 21.8 Å². The van der Waals surface area contributed by atoms with Gasteiger partial charge in [-0.2, -0.15) is 0 Å². The van der Waals surface area contributed by atoms with E-state index < -0.39 is 41.6 Å². The van der Waals surface area contributed by atoms with Gasteiger partial charge in [0.15, 0.2) is 41.6 Å². The fourth-order valence-corrected chi connectivity index (χ4v) is 28.6. The molecule has 3 radical (unpaired) electrons. The number of epoxide rings is 1. The van der Waals surface area contributed by atoms with Gasteiger partial charge in [-0.3, -0.25) is 0 Å². The molecule has 1 heterocycles. The summed E-state index contributed by atoms with van der Waals surface area (Å²) < 4.78 is 30.2. The van der Waals surface area contributed by atoms with E-state index in [1.54, 1.807) is 0 Å². The van der Waals surface area contributed by atoms with E-state index in [2.05, 4.69) is 76.0 Å². The first-order chi connectivity index (χ1) is 14.0. The number of ether oxygens (including phenoxy) is 2. The summed E-state index contributed by atoms with van der Waals surface area (Å²) in [5.41, 5.74) is 0. The van der Waals surface area contributed by atoms with Crippen LogP contribution in [0.4, 0.5) is 0 Å². The molecule has 0 aromatic heterocycles. The molecule has 0 N–H and O–H groups in total. The van der Waals surface area contributed by atoms with Crippen LogP contribution in [0.5, 0.6) is 0 Å². The van der Waals surface area contributed by atoms with Crippen molar-refractivity contribution in [3.05, 3.63) is 0 Å². The maximum atomic E-state index is 6.89. The summed E-state index contributed by atoms with van der Waals surface area (Å²) in [6.45, 7) is 26.1. The Labute approximate surface area is 201 Å².